The third-order valence-electron chi connectivity index (χ3n) is 2.72. The van der Waals surface area contributed by atoms with E-state index in [2.05, 4.69) is 5.32 Å². The van der Waals surface area contributed by atoms with Crippen molar-refractivity contribution in [1.82, 2.24) is 0 Å². The number of ether oxygens (including phenoxy) is 1. The molecule has 20 heavy (non-hydrogen) atoms. The topological polar surface area (TPSA) is 64.4 Å². The van der Waals surface area contributed by atoms with Gasteiger partial charge in [-0.3, -0.25) is 10.1 Å². The molecular formula is C15H16N2O3. The molecule has 0 aliphatic heterocycles. The number of non-ortho nitro benzene ring substituents is 1. The van der Waals surface area contributed by atoms with Gasteiger partial charge in [-0.25, -0.2) is 0 Å². The molecule has 5 nitrogen and oxygen atoms in total. The monoisotopic (exact) mass is 272 g/mol. The van der Waals surface area contributed by atoms with E-state index >= 15 is 0 Å². The van der Waals surface area contributed by atoms with Crippen LogP contribution in [-0.2, 0) is 0 Å². The summed E-state index contributed by atoms with van der Waals surface area (Å²) in [5.41, 5.74) is 1.68. The minimum Gasteiger partial charge on any atom is -0.492 e. The lowest BCUT2D eigenvalue weighted by Gasteiger charge is -2.09. The minimum atomic E-state index is -0.390. The zero-order chi connectivity index (χ0) is 14.4. The van der Waals surface area contributed by atoms with Crippen molar-refractivity contribution in [2.45, 2.75) is 6.92 Å². The third-order valence-corrected chi connectivity index (χ3v) is 2.72. The predicted octanol–water partition coefficient (Wildman–Crippen LogP) is 3.39. The molecule has 0 aliphatic carbocycles. The molecule has 0 saturated heterocycles. The molecule has 0 bridgehead atoms. The van der Waals surface area contributed by atoms with Gasteiger partial charge in [0.1, 0.15) is 12.4 Å². The normalized spacial score (nSPS) is 10.1. The third kappa shape index (κ3) is 3.98. The summed E-state index contributed by atoms with van der Waals surface area (Å²) in [5.74, 6) is 0.810. The van der Waals surface area contributed by atoms with E-state index in [1.165, 1.54) is 6.07 Å². The summed E-state index contributed by atoms with van der Waals surface area (Å²) >= 11 is 0. The van der Waals surface area contributed by atoms with Crippen LogP contribution in [0, 0.1) is 17.0 Å². The van der Waals surface area contributed by atoms with Gasteiger partial charge in [-0.15, -0.1) is 0 Å². The lowest BCUT2D eigenvalue weighted by Crippen LogP contribution is -2.11. The zero-order valence-electron chi connectivity index (χ0n) is 11.2. The second-order valence-corrected chi connectivity index (χ2v) is 4.40. The maximum absolute atomic E-state index is 10.8. The van der Waals surface area contributed by atoms with Crippen LogP contribution in [0.1, 0.15) is 5.56 Å². The van der Waals surface area contributed by atoms with Crippen LogP contribution < -0.4 is 10.1 Å². The average molecular weight is 272 g/mol. The molecule has 2 aromatic carbocycles. The number of anilines is 1. The molecule has 2 rings (SSSR count). The molecule has 2 aromatic rings. The van der Waals surface area contributed by atoms with Crippen LogP contribution in [0.3, 0.4) is 0 Å². The summed E-state index contributed by atoms with van der Waals surface area (Å²) in [7, 11) is 0. The van der Waals surface area contributed by atoms with Crippen molar-refractivity contribution < 1.29 is 9.66 Å². The maximum Gasteiger partial charge on any atom is 0.271 e. The smallest absolute Gasteiger partial charge is 0.271 e. The van der Waals surface area contributed by atoms with Gasteiger partial charge in [0.2, 0.25) is 0 Å². The lowest BCUT2D eigenvalue weighted by molar-refractivity contribution is -0.384. The molecule has 0 aromatic heterocycles. The van der Waals surface area contributed by atoms with Gasteiger partial charge in [0.25, 0.3) is 5.69 Å². The first-order valence-corrected chi connectivity index (χ1v) is 6.33. The fourth-order valence-electron chi connectivity index (χ4n) is 1.85. The molecule has 0 amide bonds. The fourth-order valence-corrected chi connectivity index (χ4v) is 1.85. The molecule has 0 heterocycles. The predicted molar refractivity (Wildman–Crippen MR) is 78.3 cm³/mol. The van der Waals surface area contributed by atoms with Gasteiger partial charge < -0.3 is 10.1 Å². The van der Waals surface area contributed by atoms with E-state index in [0.717, 1.165) is 17.0 Å². The number of nitro groups is 1. The number of para-hydroxylation sites is 1. The van der Waals surface area contributed by atoms with Crippen LogP contribution >= 0.6 is 0 Å². The largest absolute Gasteiger partial charge is 0.492 e. The van der Waals surface area contributed by atoms with Crippen molar-refractivity contribution in [3.8, 4) is 5.75 Å². The van der Waals surface area contributed by atoms with Crippen LogP contribution in [0.5, 0.6) is 5.75 Å². The number of nitrogens with zero attached hydrogens (tertiary/aromatic N) is 1. The van der Waals surface area contributed by atoms with Crippen molar-refractivity contribution >= 4 is 11.4 Å². The van der Waals surface area contributed by atoms with Gasteiger partial charge in [-0.2, -0.15) is 0 Å². The van der Waals surface area contributed by atoms with E-state index in [1.54, 1.807) is 6.07 Å². The van der Waals surface area contributed by atoms with Crippen molar-refractivity contribution in [2.75, 3.05) is 18.5 Å². The number of hydrogen-bond donors (Lipinski definition) is 1. The number of aryl methyl sites for hydroxylation is 1. The standard InChI is InChI=1S/C15H16N2O3/c1-12-9-13(11-14(10-12)17(18)19)16-7-8-20-15-5-3-2-4-6-15/h2-6,9-11,16H,7-8H2,1H3. The highest BCUT2D eigenvalue weighted by Crippen LogP contribution is 2.20. The number of benzene rings is 2. The lowest BCUT2D eigenvalue weighted by atomic mass is 10.2. The van der Waals surface area contributed by atoms with Crippen LogP contribution in [0.4, 0.5) is 11.4 Å². The molecule has 5 heteroatoms. The quantitative estimate of drug-likeness (QED) is 0.497. The number of nitro benzene ring substituents is 1. The first-order chi connectivity index (χ1) is 9.65. The number of hydrogen-bond acceptors (Lipinski definition) is 4. The van der Waals surface area contributed by atoms with E-state index in [4.69, 9.17) is 4.74 Å². The van der Waals surface area contributed by atoms with E-state index in [9.17, 15) is 10.1 Å². The summed E-state index contributed by atoms with van der Waals surface area (Å²) in [5, 5.41) is 13.9. The Bertz CT molecular complexity index is 585. The molecule has 0 spiro atoms. The molecular weight excluding hydrogens is 256 g/mol. The van der Waals surface area contributed by atoms with Gasteiger partial charge in [-0.1, -0.05) is 18.2 Å². The Hall–Kier alpha value is -2.56. The Morgan fingerprint density at radius 2 is 1.95 bits per heavy atom. The average Bonchev–Trinajstić information content (AvgIpc) is 2.44. The highest BCUT2D eigenvalue weighted by Gasteiger charge is 2.07. The van der Waals surface area contributed by atoms with E-state index in [1.807, 2.05) is 43.3 Å². The summed E-state index contributed by atoms with van der Waals surface area (Å²) < 4.78 is 5.54. The van der Waals surface area contributed by atoms with Crippen molar-refractivity contribution in [2.24, 2.45) is 0 Å². The van der Waals surface area contributed by atoms with Gasteiger partial charge in [-0.05, 0) is 30.7 Å². The zero-order valence-corrected chi connectivity index (χ0v) is 11.2. The Kier molecular flexibility index (Phi) is 4.55. The van der Waals surface area contributed by atoms with E-state index in [0.29, 0.717) is 13.2 Å². The fraction of sp³-hybridized carbons (Fsp3) is 0.200. The first-order valence-electron chi connectivity index (χ1n) is 6.33. The molecule has 0 atom stereocenters. The Labute approximate surface area is 117 Å². The van der Waals surface area contributed by atoms with Gasteiger partial charge >= 0.3 is 0 Å². The Morgan fingerprint density at radius 1 is 1.20 bits per heavy atom. The second-order valence-electron chi connectivity index (χ2n) is 4.40. The molecule has 104 valence electrons. The summed E-state index contributed by atoms with van der Waals surface area (Å²) in [6, 6.07) is 14.5. The van der Waals surface area contributed by atoms with Crippen molar-refractivity contribution in [3.63, 3.8) is 0 Å². The molecule has 0 fully saturated rings. The van der Waals surface area contributed by atoms with E-state index < -0.39 is 4.92 Å². The number of nitrogens with one attached hydrogen (secondary N) is 1. The first kappa shape index (κ1) is 13.9. The highest BCUT2D eigenvalue weighted by atomic mass is 16.6. The highest BCUT2D eigenvalue weighted by molar-refractivity contribution is 5.53. The van der Waals surface area contributed by atoms with Crippen molar-refractivity contribution in [1.29, 1.82) is 0 Å². The van der Waals surface area contributed by atoms with Gasteiger partial charge in [0.05, 0.1) is 4.92 Å². The number of rotatable bonds is 6. The molecule has 0 aliphatic rings. The Morgan fingerprint density at radius 3 is 2.65 bits per heavy atom. The molecule has 0 saturated carbocycles. The molecule has 0 radical (unpaired) electrons. The maximum atomic E-state index is 10.8. The van der Waals surface area contributed by atoms with Crippen LogP contribution in [-0.4, -0.2) is 18.1 Å². The SMILES string of the molecule is Cc1cc(NCCOc2ccccc2)cc([N+](=O)[O-])c1. The van der Waals surface area contributed by atoms with Crippen LogP contribution in [0.15, 0.2) is 48.5 Å². The summed E-state index contributed by atoms with van der Waals surface area (Å²) in [6.07, 6.45) is 0. The van der Waals surface area contributed by atoms with Gasteiger partial charge in [0.15, 0.2) is 0 Å². The van der Waals surface area contributed by atoms with Crippen molar-refractivity contribution in [3.05, 3.63) is 64.2 Å². The minimum absolute atomic E-state index is 0.0940. The van der Waals surface area contributed by atoms with Crippen LogP contribution in [0.25, 0.3) is 0 Å². The van der Waals surface area contributed by atoms with Crippen LogP contribution in [0.2, 0.25) is 0 Å². The summed E-state index contributed by atoms with van der Waals surface area (Å²) in [6.45, 7) is 2.90. The Balaban J connectivity index is 1.86. The molecule has 1 N–H and O–H groups in total. The van der Waals surface area contributed by atoms with Gasteiger partial charge in [0, 0.05) is 24.4 Å². The second kappa shape index (κ2) is 6.56. The van der Waals surface area contributed by atoms with E-state index in [-0.39, 0.29) is 5.69 Å². The molecule has 0 unspecified atom stereocenters. The summed E-state index contributed by atoms with van der Waals surface area (Å²) in [4.78, 5) is 10.4.